The number of anilines is 1. The standard InChI is InChI=1S/C15H15FN2O3/c1-2-20-13-8-14(11(17)7-10(13)16)21-12-6-4-3-5-9(12)15(18)19/h3-8H,2,17H2,1H3,(H2,18,19). The molecule has 4 N–H and O–H groups in total. The van der Waals surface area contributed by atoms with E-state index >= 15 is 0 Å². The Bertz CT molecular complexity index is 674. The van der Waals surface area contributed by atoms with Gasteiger partial charge in [0, 0.05) is 12.1 Å². The average Bonchev–Trinajstić information content (AvgIpc) is 2.44. The van der Waals surface area contributed by atoms with Gasteiger partial charge in [-0.2, -0.15) is 0 Å². The number of hydrogen-bond acceptors (Lipinski definition) is 4. The molecular formula is C15H15FN2O3. The number of hydrogen-bond donors (Lipinski definition) is 2. The van der Waals surface area contributed by atoms with Gasteiger partial charge in [0.25, 0.3) is 5.91 Å². The van der Waals surface area contributed by atoms with E-state index in [0.29, 0.717) is 6.61 Å². The number of para-hydroxylation sites is 1. The van der Waals surface area contributed by atoms with Crippen LogP contribution in [0.25, 0.3) is 0 Å². The maximum atomic E-state index is 13.6. The van der Waals surface area contributed by atoms with Gasteiger partial charge >= 0.3 is 0 Å². The Balaban J connectivity index is 2.40. The summed E-state index contributed by atoms with van der Waals surface area (Å²) in [6, 6.07) is 8.89. The fraction of sp³-hybridized carbons (Fsp3) is 0.133. The third-order valence-electron chi connectivity index (χ3n) is 2.74. The van der Waals surface area contributed by atoms with Crippen LogP contribution in [0.1, 0.15) is 17.3 Å². The van der Waals surface area contributed by atoms with Crippen LogP contribution < -0.4 is 20.9 Å². The molecule has 0 aliphatic rings. The van der Waals surface area contributed by atoms with Crippen LogP contribution in [-0.4, -0.2) is 12.5 Å². The number of rotatable bonds is 5. The molecule has 2 rings (SSSR count). The van der Waals surface area contributed by atoms with Gasteiger partial charge in [0.05, 0.1) is 17.9 Å². The van der Waals surface area contributed by atoms with Gasteiger partial charge in [-0.3, -0.25) is 4.79 Å². The van der Waals surface area contributed by atoms with Crippen molar-refractivity contribution in [2.45, 2.75) is 6.92 Å². The molecule has 5 nitrogen and oxygen atoms in total. The minimum Gasteiger partial charge on any atom is -0.491 e. The van der Waals surface area contributed by atoms with Gasteiger partial charge < -0.3 is 20.9 Å². The molecule has 0 saturated carbocycles. The third kappa shape index (κ3) is 3.22. The van der Waals surface area contributed by atoms with Crippen molar-refractivity contribution in [1.82, 2.24) is 0 Å². The second-order valence-corrected chi connectivity index (χ2v) is 4.22. The summed E-state index contributed by atoms with van der Waals surface area (Å²) in [5, 5.41) is 0. The molecule has 2 aromatic carbocycles. The molecule has 0 atom stereocenters. The first-order valence-electron chi connectivity index (χ1n) is 6.31. The van der Waals surface area contributed by atoms with Crippen molar-refractivity contribution in [2.24, 2.45) is 5.73 Å². The second kappa shape index (κ2) is 6.13. The molecule has 0 aromatic heterocycles. The van der Waals surface area contributed by atoms with E-state index in [2.05, 4.69) is 0 Å². The summed E-state index contributed by atoms with van der Waals surface area (Å²) in [7, 11) is 0. The monoisotopic (exact) mass is 290 g/mol. The minimum atomic E-state index is -0.628. The van der Waals surface area contributed by atoms with Crippen molar-refractivity contribution in [3.05, 3.63) is 47.8 Å². The summed E-state index contributed by atoms with van der Waals surface area (Å²) in [5.41, 5.74) is 11.3. The number of benzene rings is 2. The zero-order valence-electron chi connectivity index (χ0n) is 11.4. The Morgan fingerprint density at radius 2 is 1.90 bits per heavy atom. The van der Waals surface area contributed by atoms with Crippen molar-refractivity contribution in [3.8, 4) is 17.2 Å². The van der Waals surface area contributed by atoms with Crippen LogP contribution in [0.2, 0.25) is 0 Å². The molecule has 110 valence electrons. The summed E-state index contributed by atoms with van der Waals surface area (Å²) < 4.78 is 24.3. The lowest BCUT2D eigenvalue weighted by molar-refractivity contribution is 0.0998. The molecule has 0 saturated heterocycles. The van der Waals surface area contributed by atoms with E-state index < -0.39 is 11.7 Å². The maximum absolute atomic E-state index is 13.6. The predicted molar refractivity (Wildman–Crippen MR) is 77.0 cm³/mol. The highest BCUT2D eigenvalue weighted by Crippen LogP contribution is 2.34. The largest absolute Gasteiger partial charge is 0.491 e. The highest BCUT2D eigenvalue weighted by molar-refractivity contribution is 5.95. The molecule has 1 amide bonds. The van der Waals surface area contributed by atoms with Crippen LogP contribution in [0.5, 0.6) is 17.2 Å². The van der Waals surface area contributed by atoms with E-state index in [-0.39, 0.29) is 28.5 Å². The molecule has 21 heavy (non-hydrogen) atoms. The smallest absolute Gasteiger partial charge is 0.252 e. The number of carbonyl (C=O) groups is 1. The highest BCUT2D eigenvalue weighted by atomic mass is 19.1. The number of amides is 1. The van der Waals surface area contributed by atoms with Crippen molar-refractivity contribution in [1.29, 1.82) is 0 Å². The van der Waals surface area contributed by atoms with E-state index in [0.717, 1.165) is 6.07 Å². The fourth-order valence-corrected chi connectivity index (χ4v) is 1.78. The van der Waals surface area contributed by atoms with Crippen molar-refractivity contribution in [2.75, 3.05) is 12.3 Å². The Kier molecular flexibility index (Phi) is 4.27. The van der Waals surface area contributed by atoms with E-state index in [9.17, 15) is 9.18 Å². The van der Waals surface area contributed by atoms with Gasteiger partial charge in [0.1, 0.15) is 5.75 Å². The summed E-state index contributed by atoms with van der Waals surface area (Å²) >= 11 is 0. The molecule has 0 radical (unpaired) electrons. The van der Waals surface area contributed by atoms with Gasteiger partial charge in [-0.1, -0.05) is 12.1 Å². The minimum absolute atomic E-state index is 0.0262. The zero-order valence-corrected chi connectivity index (χ0v) is 11.4. The molecular weight excluding hydrogens is 275 g/mol. The first-order valence-corrected chi connectivity index (χ1v) is 6.31. The maximum Gasteiger partial charge on any atom is 0.252 e. The summed E-state index contributed by atoms with van der Waals surface area (Å²) in [6.07, 6.45) is 0. The zero-order chi connectivity index (χ0) is 15.4. The van der Waals surface area contributed by atoms with Crippen LogP contribution in [0.15, 0.2) is 36.4 Å². The Labute approximate surface area is 121 Å². The summed E-state index contributed by atoms with van der Waals surface area (Å²) in [6.45, 7) is 2.04. The molecule has 0 aliphatic carbocycles. The molecule has 0 aliphatic heterocycles. The molecule has 0 spiro atoms. The van der Waals surface area contributed by atoms with E-state index in [1.54, 1.807) is 25.1 Å². The lowest BCUT2D eigenvalue weighted by Gasteiger charge is -2.13. The van der Waals surface area contributed by atoms with Crippen molar-refractivity contribution in [3.63, 3.8) is 0 Å². The molecule has 0 bridgehead atoms. The van der Waals surface area contributed by atoms with Gasteiger partial charge in [-0.25, -0.2) is 4.39 Å². The van der Waals surface area contributed by atoms with Crippen LogP contribution in [-0.2, 0) is 0 Å². The Morgan fingerprint density at radius 3 is 2.57 bits per heavy atom. The van der Waals surface area contributed by atoms with E-state index in [1.165, 1.54) is 12.1 Å². The van der Waals surface area contributed by atoms with Gasteiger partial charge in [-0.15, -0.1) is 0 Å². The lowest BCUT2D eigenvalue weighted by Crippen LogP contribution is -2.12. The normalized spacial score (nSPS) is 10.2. The first kappa shape index (κ1) is 14.6. The quantitative estimate of drug-likeness (QED) is 0.829. The number of halogens is 1. The van der Waals surface area contributed by atoms with Crippen LogP contribution in [0.3, 0.4) is 0 Å². The first-order chi connectivity index (χ1) is 10.0. The van der Waals surface area contributed by atoms with E-state index in [4.69, 9.17) is 20.9 Å². The average molecular weight is 290 g/mol. The molecule has 0 unspecified atom stereocenters. The number of nitrogens with two attached hydrogens (primary N) is 2. The van der Waals surface area contributed by atoms with Crippen LogP contribution >= 0.6 is 0 Å². The van der Waals surface area contributed by atoms with Crippen molar-refractivity contribution >= 4 is 11.6 Å². The Morgan fingerprint density at radius 1 is 1.19 bits per heavy atom. The highest BCUT2D eigenvalue weighted by Gasteiger charge is 2.14. The fourth-order valence-electron chi connectivity index (χ4n) is 1.78. The number of carbonyl (C=O) groups excluding carboxylic acids is 1. The van der Waals surface area contributed by atoms with Gasteiger partial charge in [0.2, 0.25) is 0 Å². The van der Waals surface area contributed by atoms with Crippen LogP contribution in [0.4, 0.5) is 10.1 Å². The number of primary amides is 1. The molecule has 0 fully saturated rings. The SMILES string of the molecule is CCOc1cc(Oc2ccccc2C(N)=O)c(N)cc1F. The van der Waals surface area contributed by atoms with Gasteiger partial charge in [-0.05, 0) is 19.1 Å². The number of nitrogen functional groups attached to an aromatic ring is 1. The molecule has 0 heterocycles. The topological polar surface area (TPSA) is 87.6 Å². The lowest BCUT2D eigenvalue weighted by atomic mass is 10.2. The second-order valence-electron chi connectivity index (χ2n) is 4.22. The summed E-state index contributed by atoms with van der Waals surface area (Å²) in [5.74, 6) is -0.751. The Hall–Kier alpha value is -2.76. The van der Waals surface area contributed by atoms with Crippen LogP contribution in [0, 0.1) is 5.82 Å². The predicted octanol–water partition coefficient (Wildman–Crippen LogP) is 2.70. The third-order valence-corrected chi connectivity index (χ3v) is 2.74. The summed E-state index contributed by atoms with van der Waals surface area (Å²) in [4.78, 5) is 11.3. The molecule has 6 heteroatoms. The van der Waals surface area contributed by atoms with Gasteiger partial charge in [0.15, 0.2) is 17.3 Å². The van der Waals surface area contributed by atoms with E-state index in [1.807, 2.05) is 0 Å². The molecule has 2 aromatic rings. The van der Waals surface area contributed by atoms with Crippen molar-refractivity contribution < 1.29 is 18.7 Å². The number of ether oxygens (including phenoxy) is 2.